The number of hydrogen-bond donors (Lipinski definition) is 1. The molecule has 1 nitrogen and oxygen atoms in total. The van der Waals surface area contributed by atoms with Crippen LogP contribution in [-0.4, -0.2) is 12.6 Å². The number of hydrogen-bond acceptors (Lipinski definition) is 1. The van der Waals surface area contributed by atoms with Crippen LogP contribution in [0.3, 0.4) is 0 Å². The molecular weight excluding hydrogens is 242 g/mol. The molecule has 1 N–H and O–H groups in total. The zero-order chi connectivity index (χ0) is 12.4. The molecule has 1 aromatic rings. The predicted molar refractivity (Wildman–Crippen MR) is 77.2 cm³/mol. The van der Waals surface area contributed by atoms with E-state index < -0.39 is 0 Å². The Hall–Kier alpha value is -0.530. The molecule has 2 atom stereocenters. The van der Waals surface area contributed by atoms with Gasteiger partial charge in [-0.05, 0) is 48.8 Å². The summed E-state index contributed by atoms with van der Waals surface area (Å²) >= 11 is 6.09. The molecule has 0 radical (unpaired) electrons. The van der Waals surface area contributed by atoms with Gasteiger partial charge < -0.3 is 5.32 Å². The summed E-state index contributed by atoms with van der Waals surface area (Å²) in [6, 6.07) is 9.14. The lowest BCUT2D eigenvalue weighted by atomic mass is 9.82. The van der Waals surface area contributed by atoms with E-state index >= 15 is 0 Å². The van der Waals surface area contributed by atoms with Crippen LogP contribution in [-0.2, 0) is 0 Å². The smallest absolute Gasteiger partial charge is 0.0408 e. The standard InChI is InChI=1S/C16H22ClN/c17-15-8-4-7-13(9-15)14-10-16(18-11-14)12-5-2-1-3-6-12/h4,7-9,12,14,16,18H,1-3,5-6,10-11H2. The van der Waals surface area contributed by atoms with Crippen molar-refractivity contribution in [2.24, 2.45) is 5.92 Å². The van der Waals surface area contributed by atoms with Gasteiger partial charge in [0.1, 0.15) is 0 Å². The van der Waals surface area contributed by atoms with Crippen LogP contribution >= 0.6 is 11.6 Å². The van der Waals surface area contributed by atoms with Crippen LogP contribution in [0, 0.1) is 5.92 Å². The third kappa shape index (κ3) is 2.73. The van der Waals surface area contributed by atoms with Gasteiger partial charge in [-0.15, -0.1) is 0 Å². The van der Waals surface area contributed by atoms with Gasteiger partial charge in [0, 0.05) is 17.6 Å². The Morgan fingerprint density at radius 2 is 1.94 bits per heavy atom. The van der Waals surface area contributed by atoms with Gasteiger partial charge >= 0.3 is 0 Å². The van der Waals surface area contributed by atoms with Crippen LogP contribution in [0.15, 0.2) is 24.3 Å². The van der Waals surface area contributed by atoms with E-state index in [0.29, 0.717) is 5.92 Å². The van der Waals surface area contributed by atoms with Gasteiger partial charge in [0.2, 0.25) is 0 Å². The maximum atomic E-state index is 6.09. The molecule has 1 saturated carbocycles. The van der Waals surface area contributed by atoms with E-state index in [9.17, 15) is 0 Å². The largest absolute Gasteiger partial charge is 0.313 e. The average Bonchev–Trinajstić information content (AvgIpc) is 2.89. The molecule has 2 aliphatic rings. The monoisotopic (exact) mass is 263 g/mol. The maximum Gasteiger partial charge on any atom is 0.0408 e. The van der Waals surface area contributed by atoms with E-state index in [1.54, 1.807) is 0 Å². The lowest BCUT2D eigenvalue weighted by Crippen LogP contribution is -2.31. The third-order valence-corrected chi connectivity index (χ3v) is 4.94. The summed E-state index contributed by atoms with van der Waals surface area (Å²) < 4.78 is 0. The fourth-order valence-corrected chi connectivity index (χ4v) is 3.88. The van der Waals surface area contributed by atoms with Gasteiger partial charge in [-0.3, -0.25) is 0 Å². The van der Waals surface area contributed by atoms with Crippen molar-refractivity contribution in [2.75, 3.05) is 6.54 Å². The molecular formula is C16H22ClN. The van der Waals surface area contributed by atoms with Crippen LogP contribution in [0.25, 0.3) is 0 Å². The first-order chi connectivity index (χ1) is 8.83. The Morgan fingerprint density at radius 3 is 2.72 bits per heavy atom. The van der Waals surface area contributed by atoms with E-state index in [4.69, 9.17) is 11.6 Å². The minimum atomic E-state index is 0.663. The fourth-order valence-electron chi connectivity index (χ4n) is 3.68. The van der Waals surface area contributed by atoms with Gasteiger partial charge in [0.05, 0.1) is 0 Å². The molecule has 0 amide bonds. The highest BCUT2D eigenvalue weighted by Gasteiger charge is 2.31. The summed E-state index contributed by atoms with van der Waals surface area (Å²) in [4.78, 5) is 0. The van der Waals surface area contributed by atoms with Crippen LogP contribution in [0.5, 0.6) is 0 Å². The summed E-state index contributed by atoms with van der Waals surface area (Å²) in [7, 11) is 0. The second-order valence-electron chi connectivity index (χ2n) is 5.90. The molecule has 0 bridgehead atoms. The molecule has 2 unspecified atom stereocenters. The first kappa shape index (κ1) is 12.5. The SMILES string of the molecule is Clc1cccc(C2CNC(C3CCCCC3)C2)c1. The summed E-state index contributed by atoms with van der Waals surface area (Å²) in [5, 5.41) is 4.62. The van der Waals surface area contributed by atoms with Crippen molar-refractivity contribution >= 4 is 11.6 Å². The van der Waals surface area contributed by atoms with Crippen LogP contribution in [0.4, 0.5) is 0 Å². The highest BCUT2D eigenvalue weighted by molar-refractivity contribution is 6.30. The van der Waals surface area contributed by atoms with Crippen LogP contribution in [0.1, 0.15) is 50.0 Å². The van der Waals surface area contributed by atoms with Crippen LogP contribution < -0.4 is 5.32 Å². The van der Waals surface area contributed by atoms with E-state index in [1.807, 2.05) is 6.07 Å². The zero-order valence-electron chi connectivity index (χ0n) is 10.9. The first-order valence-electron chi connectivity index (χ1n) is 7.32. The van der Waals surface area contributed by atoms with E-state index in [1.165, 1.54) is 44.1 Å². The Balaban J connectivity index is 1.64. The van der Waals surface area contributed by atoms with Crippen molar-refractivity contribution in [3.63, 3.8) is 0 Å². The van der Waals surface area contributed by atoms with Crippen molar-refractivity contribution in [1.82, 2.24) is 5.32 Å². The summed E-state index contributed by atoms with van der Waals surface area (Å²) in [6.45, 7) is 1.13. The van der Waals surface area contributed by atoms with Crippen molar-refractivity contribution in [1.29, 1.82) is 0 Å². The highest BCUT2D eigenvalue weighted by Crippen LogP contribution is 2.35. The lowest BCUT2D eigenvalue weighted by molar-refractivity contribution is 0.286. The maximum absolute atomic E-state index is 6.09. The van der Waals surface area contributed by atoms with Crippen molar-refractivity contribution in [3.05, 3.63) is 34.9 Å². The zero-order valence-corrected chi connectivity index (χ0v) is 11.6. The van der Waals surface area contributed by atoms with Crippen LogP contribution in [0.2, 0.25) is 5.02 Å². The topological polar surface area (TPSA) is 12.0 Å². The average molecular weight is 264 g/mol. The molecule has 0 spiro atoms. The van der Waals surface area contributed by atoms with Gasteiger partial charge in [-0.25, -0.2) is 0 Å². The molecule has 0 aromatic heterocycles. The highest BCUT2D eigenvalue weighted by atomic mass is 35.5. The fraction of sp³-hybridized carbons (Fsp3) is 0.625. The van der Waals surface area contributed by atoms with E-state index in [-0.39, 0.29) is 0 Å². The number of nitrogens with one attached hydrogen (secondary N) is 1. The lowest BCUT2D eigenvalue weighted by Gasteiger charge is -2.27. The van der Waals surface area contributed by atoms with Gasteiger partial charge in [-0.1, -0.05) is 43.0 Å². The Bertz CT molecular complexity index is 398. The molecule has 2 fully saturated rings. The molecule has 98 valence electrons. The van der Waals surface area contributed by atoms with Gasteiger partial charge in [0.25, 0.3) is 0 Å². The minimum absolute atomic E-state index is 0.663. The van der Waals surface area contributed by atoms with Gasteiger partial charge in [-0.2, -0.15) is 0 Å². The Kier molecular flexibility index (Phi) is 3.91. The Labute approximate surface area is 115 Å². The molecule has 1 aliphatic carbocycles. The molecule has 1 aliphatic heterocycles. The third-order valence-electron chi connectivity index (χ3n) is 4.70. The van der Waals surface area contributed by atoms with E-state index in [0.717, 1.165) is 23.5 Å². The summed E-state index contributed by atoms with van der Waals surface area (Å²) in [5.41, 5.74) is 1.41. The molecule has 1 saturated heterocycles. The normalized spacial score (nSPS) is 29.6. The molecule has 3 rings (SSSR count). The number of rotatable bonds is 2. The molecule has 1 aromatic carbocycles. The molecule has 1 heterocycles. The molecule has 2 heteroatoms. The number of benzene rings is 1. The predicted octanol–water partition coefficient (Wildman–Crippen LogP) is 4.37. The minimum Gasteiger partial charge on any atom is -0.313 e. The summed E-state index contributed by atoms with van der Waals surface area (Å²) in [5.74, 6) is 1.58. The second kappa shape index (κ2) is 5.63. The van der Waals surface area contributed by atoms with Crippen molar-refractivity contribution in [2.45, 2.75) is 50.5 Å². The van der Waals surface area contributed by atoms with E-state index in [2.05, 4.69) is 23.5 Å². The quantitative estimate of drug-likeness (QED) is 0.836. The first-order valence-corrected chi connectivity index (χ1v) is 7.69. The second-order valence-corrected chi connectivity index (χ2v) is 6.34. The van der Waals surface area contributed by atoms with Gasteiger partial charge in [0.15, 0.2) is 0 Å². The van der Waals surface area contributed by atoms with Crippen molar-refractivity contribution in [3.8, 4) is 0 Å². The summed E-state index contributed by atoms with van der Waals surface area (Å²) in [6.07, 6.45) is 8.47. The number of halogens is 1. The Morgan fingerprint density at radius 1 is 1.11 bits per heavy atom. The molecule has 18 heavy (non-hydrogen) atoms. The van der Waals surface area contributed by atoms with Crippen molar-refractivity contribution < 1.29 is 0 Å².